The highest BCUT2D eigenvalue weighted by atomic mass is 32.1. The molecule has 100 valence electrons. The Balaban J connectivity index is 1.89. The largest absolute Gasteiger partial charge is 0.363 e. The molecule has 0 saturated heterocycles. The van der Waals surface area contributed by atoms with Crippen LogP contribution in [0.2, 0.25) is 0 Å². The number of aryl methyl sites for hydroxylation is 1. The lowest BCUT2D eigenvalue weighted by Gasteiger charge is -2.25. The van der Waals surface area contributed by atoms with Crippen molar-refractivity contribution in [2.75, 3.05) is 11.4 Å². The summed E-state index contributed by atoms with van der Waals surface area (Å²) in [5.41, 5.74) is 3.83. The highest BCUT2D eigenvalue weighted by molar-refractivity contribution is 7.09. The summed E-state index contributed by atoms with van der Waals surface area (Å²) in [5.74, 6) is 0. The van der Waals surface area contributed by atoms with Crippen LogP contribution in [0.25, 0.3) is 0 Å². The summed E-state index contributed by atoms with van der Waals surface area (Å²) in [7, 11) is 0. The second-order valence-electron chi connectivity index (χ2n) is 5.17. The van der Waals surface area contributed by atoms with Gasteiger partial charge in [-0.3, -0.25) is 0 Å². The van der Waals surface area contributed by atoms with E-state index >= 15 is 0 Å². The molecule has 0 radical (unpaired) electrons. The number of thiazole rings is 1. The SMILES string of the molecule is Cc1csc(CN2CC(C)NCc3ccccc32)n1. The molecule has 19 heavy (non-hydrogen) atoms. The van der Waals surface area contributed by atoms with E-state index in [2.05, 4.69) is 58.7 Å². The van der Waals surface area contributed by atoms with E-state index in [-0.39, 0.29) is 0 Å². The average molecular weight is 273 g/mol. The summed E-state index contributed by atoms with van der Waals surface area (Å²) in [6.07, 6.45) is 0. The molecular formula is C15H19N3S. The number of anilines is 1. The third kappa shape index (κ3) is 2.80. The molecule has 4 heteroatoms. The molecule has 1 aromatic heterocycles. The first-order valence-electron chi connectivity index (χ1n) is 6.69. The minimum atomic E-state index is 0.494. The van der Waals surface area contributed by atoms with Gasteiger partial charge in [0, 0.05) is 35.9 Å². The normalized spacial score (nSPS) is 19.1. The van der Waals surface area contributed by atoms with Crippen molar-refractivity contribution in [2.45, 2.75) is 33.0 Å². The van der Waals surface area contributed by atoms with Crippen molar-refractivity contribution in [1.29, 1.82) is 0 Å². The molecule has 2 aromatic rings. The molecule has 1 atom stereocenters. The minimum Gasteiger partial charge on any atom is -0.363 e. The second-order valence-corrected chi connectivity index (χ2v) is 6.12. The van der Waals surface area contributed by atoms with E-state index in [1.54, 1.807) is 11.3 Å². The fraction of sp³-hybridized carbons (Fsp3) is 0.400. The predicted molar refractivity (Wildman–Crippen MR) is 80.6 cm³/mol. The lowest BCUT2D eigenvalue weighted by molar-refractivity contribution is 0.552. The second kappa shape index (κ2) is 5.31. The van der Waals surface area contributed by atoms with Crippen LogP contribution in [0.4, 0.5) is 5.69 Å². The Bertz CT molecular complexity index is 564. The molecule has 2 heterocycles. The average Bonchev–Trinajstić information content (AvgIpc) is 2.74. The number of nitrogens with one attached hydrogen (secondary N) is 1. The Labute approximate surface area is 118 Å². The van der Waals surface area contributed by atoms with E-state index in [9.17, 15) is 0 Å². The van der Waals surface area contributed by atoms with Gasteiger partial charge in [0.15, 0.2) is 0 Å². The van der Waals surface area contributed by atoms with Crippen molar-refractivity contribution in [1.82, 2.24) is 10.3 Å². The van der Waals surface area contributed by atoms with Crippen molar-refractivity contribution >= 4 is 17.0 Å². The van der Waals surface area contributed by atoms with Gasteiger partial charge >= 0.3 is 0 Å². The lowest BCUT2D eigenvalue weighted by atomic mass is 10.1. The molecule has 0 spiro atoms. The quantitative estimate of drug-likeness (QED) is 0.912. The van der Waals surface area contributed by atoms with E-state index in [1.807, 2.05) is 0 Å². The highest BCUT2D eigenvalue weighted by Gasteiger charge is 2.19. The maximum absolute atomic E-state index is 4.59. The van der Waals surface area contributed by atoms with E-state index in [1.165, 1.54) is 16.3 Å². The lowest BCUT2D eigenvalue weighted by Crippen LogP contribution is -2.35. The molecule has 1 aliphatic rings. The number of benzene rings is 1. The van der Waals surface area contributed by atoms with E-state index in [0.29, 0.717) is 6.04 Å². The third-order valence-corrected chi connectivity index (χ3v) is 4.41. The number of hydrogen-bond donors (Lipinski definition) is 1. The first kappa shape index (κ1) is 12.6. The van der Waals surface area contributed by atoms with Crippen LogP contribution >= 0.6 is 11.3 Å². The van der Waals surface area contributed by atoms with Crippen LogP contribution in [0.3, 0.4) is 0 Å². The van der Waals surface area contributed by atoms with Crippen LogP contribution in [0, 0.1) is 6.92 Å². The number of aromatic nitrogens is 1. The predicted octanol–water partition coefficient (Wildman–Crippen LogP) is 2.95. The number of para-hydroxylation sites is 1. The Morgan fingerprint density at radius 1 is 1.42 bits per heavy atom. The summed E-state index contributed by atoms with van der Waals surface area (Å²) in [6, 6.07) is 9.15. The third-order valence-electron chi connectivity index (χ3n) is 3.46. The van der Waals surface area contributed by atoms with Gasteiger partial charge in [-0.25, -0.2) is 4.98 Å². The molecule has 1 unspecified atom stereocenters. The van der Waals surface area contributed by atoms with Crippen molar-refractivity contribution < 1.29 is 0 Å². The molecule has 3 nitrogen and oxygen atoms in total. The Kier molecular flexibility index (Phi) is 3.53. The van der Waals surface area contributed by atoms with Gasteiger partial charge in [0.1, 0.15) is 5.01 Å². The summed E-state index contributed by atoms with van der Waals surface area (Å²) < 4.78 is 0. The van der Waals surface area contributed by atoms with Crippen LogP contribution < -0.4 is 10.2 Å². The first-order valence-corrected chi connectivity index (χ1v) is 7.57. The van der Waals surface area contributed by atoms with E-state index in [4.69, 9.17) is 0 Å². The van der Waals surface area contributed by atoms with E-state index in [0.717, 1.165) is 25.3 Å². The fourth-order valence-electron chi connectivity index (χ4n) is 2.53. The van der Waals surface area contributed by atoms with Gasteiger partial charge in [-0.05, 0) is 25.5 Å². The van der Waals surface area contributed by atoms with Gasteiger partial charge in [-0.1, -0.05) is 18.2 Å². The zero-order chi connectivity index (χ0) is 13.2. The van der Waals surface area contributed by atoms with Crippen LogP contribution in [0.5, 0.6) is 0 Å². The molecule has 1 N–H and O–H groups in total. The minimum absolute atomic E-state index is 0.494. The molecule has 0 fully saturated rings. The van der Waals surface area contributed by atoms with Gasteiger partial charge < -0.3 is 10.2 Å². The molecule has 1 aliphatic heterocycles. The van der Waals surface area contributed by atoms with Gasteiger partial charge in [-0.15, -0.1) is 11.3 Å². The molecule has 0 bridgehead atoms. The summed E-state index contributed by atoms with van der Waals surface area (Å²) >= 11 is 1.75. The zero-order valence-corrected chi connectivity index (χ0v) is 12.2. The maximum Gasteiger partial charge on any atom is 0.112 e. The topological polar surface area (TPSA) is 28.2 Å². The summed E-state index contributed by atoms with van der Waals surface area (Å²) in [6.45, 7) is 7.18. The number of hydrogen-bond acceptors (Lipinski definition) is 4. The number of nitrogens with zero attached hydrogens (tertiary/aromatic N) is 2. The highest BCUT2D eigenvalue weighted by Crippen LogP contribution is 2.25. The first-order chi connectivity index (χ1) is 9.22. The summed E-state index contributed by atoms with van der Waals surface area (Å²) in [5, 5.41) is 6.88. The molecule has 0 saturated carbocycles. The number of rotatable bonds is 2. The molecular weight excluding hydrogens is 254 g/mol. The van der Waals surface area contributed by atoms with Crippen LogP contribution in [0.1, 0.15) is 23.2 Å². The van der Waals surface area contributed by atoms with Crippen molar-refractivity contribution in [2.24, 2.45) is 0 Å². The Hall–Kier alpha value is -1.39. The molecule has 0 amide bonds. The number of fused-ring (bicyclic) bond motifs is 1. The van der Waals surface area contributed by atoms with Crippen LogP contribution in [0.15, 0.2) is 29.6 Å². The van der Waals surface area contributed by atoms with Crippen molar-refractivity contribution in [3.63, 3.8) is 0 Å². The Morgan fingerprint density at radius 2 is 2.26 bits per heavy atom. The van der Waals surface area contributed by atoms with Crippen molar-refractivity contribution in [3.05, 3.63) is 45.9 Å². The van der Waals surface area contributed by atoms with Gasteiger partial charge in [-0.2, -0.15) is 0 Å². The van der Waals surface area contributed by atoms with Gasteiger partial charge in [0.2, 0.25) is 0 Å². The molecule has 3 rings (SSSR count). The monoisotopic (exact) mass is 273 g/mol. The van der Waals surface area contributed by atoms with Crippen LogP contribution in [-0.4, -0.2) is 17.6 Å². The standard InChI is InChI=1S/C15H19N3S/c1-11-8-18(9-15-17-12(2)10-19-15)14-6-4-3-5-13(14)7-16-11/h3-6,10-11,16H,7-9H2,1-2H3. The Morgan fingerprint density at radius 3 is 3.05 bits per heavy atom. The van der Waals surface area contributed by atoms with E-state index < -0.39 is 0 Å². The van der Waals surface area contributed by atoms with Gasteiger partial charge in [0.25, 0.3) is 0 Å². The molecule has 1 aromatic carbocycles. The van der Waals surface area contributed by atoms with Crippen molar-refractivity contribution in [3.8, 4) is 0 Å². The smallest absolute Gasteiger partial charge is 0.112 e. The maximum atomic E-state index is 4.59. The summed E-state index contributed by atoms with van der Waals surface area (Å²) in [4.78, 5) is 7.03. The van der Waals surface area contributed by atoms with Gasteiger partial charge in [0.05, 0.1) is 6.54 Å². The zero-order valence-electron chi connectivity index (χ0n) is 11.4. The fourth-order valence-corrected chi connectivity index (χ4v) is 3.32. The molecule has 0 aliphatic carbocycles. The van der Waals surface area contributed by atoms with Crippen LogP contribution in [-0.2, 0) is 13.1 Å².